The number of rotatable bonds is 3. The largest absolute Gasteiger partial charge is 0.465 e. The highest BCUT2D eigenvalue weighted by Crippen LogP contribution is 2.35. The molecule has 1 atom stereocenters. The number of thiophene rings is 1. The van der Waals surface area contributed by atoms with Crippen LogP contribution in [0.15, 0.2) is 0 Å². The molecule has 1 aliphatic rings. The lowest BCUT2D eigenvalue weighted by molar-refractivity contribution is -0.125. The number of anilines is 1. The minimum atomic E-state index is -0.433. The molecule has 0 bridgehead atoms. The number of nitrogens with one attached hydrogen (secondary N) is 2. The summed E-state index contributed by atoms with van der Waals surface area (Å²) in [6.07, 6.45) is 1.83. The van der Waals surface area contributed by atoms with Crippen LogP contribution in [0.4, 0.5) is 5.00 Å². The topological polar surface area (TPSA) is 67.4 Å². The van der Waals surface area contributed by atoms with Crippen LogP contribution in [-0.4, -0.2) is 32.1 Å². The lowest BCUT2D eigenvalue weighted by Crippen LogP contribution is -2.46. The second-order valence-electron chi connectivity index (χ2n) is 5.77. The number of esters is 1. The third-order valence-corrected chi connectivity index (χ3v) is 5.27. The fourth-order valence-corrected chi connectivity index (χ4v) is 3.61. The second-order valence-corrected chi connectivity index (χ2v) is 7.00. The van der Waals surface area contributed by atoms with Crippen molar-refractivity contribution in [2.75, 3.05) is 25.5 Å². The van der Waals surface area contributed by atoms with Gasteiger partial charge in [0, 0.05) is 11.4 Å². The van der Waals surface area contributed by atoms with Crippen molar-refractivity contribution in [1.29, 1.82) is 0 Å². The summed E-state index contributed by atoms with van der Waals surface area (Å²) in [5.74, 6) is -0.444. The predicted octanol–water partition coefficient (Wildman–Crippen LogP) is 2.48. The van der Waals surface area contributed by atoms with E-state index in [1.54, 1.807) is 0 Å². The average Bonchev–Trinajstić information content (AvgIpc) is 2.74. The van der Waals surface area contributed by atoms with Crippen molar-refractivity contribution in [2.24, 2.45) is 5.41 Å². The van der Waals surface area contributed by atoms with Crippen LogP contribution in [0, 0.1) is 19.3 Å². The standard InChI is InChI=1S/C15H22N2O3S/c1-9-10(2)21-12(11(9)13(18)20-4)17-14(19)15(3)6-5-7-16-8-15/h16H,5-8H2,1-4H3,(H,17,19). The molecule has 0 spiro atoms. The first kappa shape index (κ1) is 16.0. The van der Waals surface area contributed by atoms with Crippen molar-refractivity contribution >= 4 is 28.2 Å². The van der Waals surface area contributed by atoms with Gasteiger partial charge in [0.1, 0.15) is 5.00 Å². The first-order valence-corrected chi connectivity index (χ1v) is 7.91. The van der Waals surface area contributed by atoms with Crippen LogP contribution < -0.4 is 10.6 Å². The van der Waals surface area contributed by atoms with Gasteiger partial charge in [0.15, 0.2) is 0 Å². The Morgan fingerprint density at radius 1 is 1.38 bits per heavy atom. The Morgan fingerprint density at radius 3 is 2.67 bits per heavy atom. The summed E-state index contributed by atoms with van der Waals surface area (Å²) in [7, 11) is 1.35. The summed E-state index contributed by atoms with van der Waals surface area (Å²) in [6.45, 7) is 7.38. The molecular formula is C15H22N2O3S. The van der Waals surface area contributed by atoms with E-state index in [1.807, 2.05) is 20.8 Å². The van der Waals surface area contributed by atoms with Gasteiger partial charge >= 0.3 is 5.97 Å². The molecule has 1 amide bonds. The Balaban J connectivity index is 2.25. The lowest BCUT2D eigenvalue weighted by Gasteiger charge is -2.32. The summed E-state index contributed by atoms with van der Waals surface area (Å²) in [4.78, 5) is 25.5. The Bertz CT molecular complexity index is 560. The molecule has 116 valence electrons. The number of hydrogen-bond donors (Lipinski definition) is 2. The Labute approximate surface area is 129 Å². The second kappa shape index (κ2) is 6.15. The van der Waals surface area contributed by atoms with Gasteiger partial charge in [0.2, 0.25) is 5.91 Å². The molecule has 2 rings (SSSR count). The number of amides is 1. The molecule has 1 aromatic heterocycles. The van der Waals surface area contributed by atoms with Crippen molar-refractivity contribution < 1.29 is 14.3 Å². The van der Waals surface area contributed by atoms with Gasteiger partial charge in [-0.25, -0.2) is 4.79 Å². The maximum atomic E-state index is 12.6. The SMILES string of the molecule is COC(=O)c1c(NC(=O)C2(C)CCCNC2)sc(C)c1C. The minimum absolute atomic E-state index is 0.0406. The zero-order valence-corrected chi connectivity index (χ0v) is 13.8. The van der Waals surface area contributed by atoms with Gasteiger partial charge in [-0.05, 0) is 45.7 Å². The molecule has 2 heterocycles. The van der Waals surface area contributed by atoms with E-state index in [4.69, 9.17) is 4.74 Å². The van der Waals surface area contributed by atoms with E-state index in [-0.39, 0.29) is 5.91 Å². The maximum absolute atomic E-state index is 12.6. The van der Waals surface area contributed by atoms with Crippen LogP contribution in [0.25, 0.3) is 0 Å². The molecule has 0 aromatic carbocycles. The van der Waals surface area contributed by atoms with E-state index in [2.05, 4.69) is 10.6 Å². The molecule has 6 heteroatoms. The summed E-state index contributed by atoms with van der Waals surface area (Å²) in [5.41, 5.74) is 0.909. The average molecular weight is 310 g/mol. The number of aryl methyl sites for hydroxylation is 1. The van der Waals surface area contributed by atoms with Gasteiger partial charge in [0.25, 0.3) is 0 Å². The van der Waals surface area contributed by atoms with Crippen molar-refractivity contribution in [3.63, 3.8) is 0 Å². The van der Waals surface area contributed by atoms with Gasteiger partial charge in [-0.3, -0.25) is 4.79 Å². The van der Waals surface area contributed by atoms with Gasteiger partial charge < -0.3 is 15.4 Å². The minimum Gasteiger partial charge on any atom is -0.465 e. The summed E-state index contributed by atoms with van der Waals surface area (Å²) >= 11 is 1.42. The highest BCUT2D eigenvalue weighted by molar-refractivity contribution is 7.16. The number of methoxy groups -OCH3 is 1. The fourth-order valence-electron chi connectivity index (χ4n) is 2.57. The Hall–Kier alpha value is -1.40. The third-order valence-electron chi connectivity index (χ3n) is 4.15. The highest BCUT2D eigenvalue weighted by atomic mass is 32.1. The molecule has 0 saturated carbocycles. The summed E-state index contributed by atoms with van der Waals surface area (Å²) in [6, 6.07) is 0. The molecule has 2 N–H and O–H groups in total. The van der Waals surface area contributed by atoms with Crippen molar-refractivity contribution in [3.8, 4) is 0 Å². The van der Waals surface area contributed by atoms with E-state index in [0.717, 1.165) is 29.8 Å². The van der Waals surface area contributed by atoms with E-state index in [0.29, 0.717) is 17.1 Å². The molecular weight excluding hydrogens is 288 g/mol. The molecule has 0 aliphatic carbocycles. The van der Waals surface area contributed by atoms with Crippen LogP contribution in [-0.2, 0) is 9.53 Å². The molecule has 1 aromatic rings. The van der Waals surface area contributed by atoms with Gasteiger partial charge in [-0.2, -0.15) is 0 Å². The predicted molar refractivity (Wildman–Crippen MR) is 84.0 cm³/mol. The Morgan fingerprint density at radius 2 is 2.10 bits per heavy atom. The zero-order valence-electron chi connectivity index (χ0n) is 13.0. The first-order valence-electron chi connectivity index (χ1n) is 7.09. The van der Waals surface area contributed by atoms with Crippen molar-refractivity contribution in [2.45, 2.75) is 33.6 Å². The smallest absolute Gasteiger partial charge is 0.341 e. The summed E-state index contributed by atoms with van der Waals surface area (Å²) < 4.78 is 4.83. The summed E-state index contributed by atoms with van der Waals surface area (Å²) in [5, 5.41) is 6.79. The molecule has 1 fully saturated rings. The van der Waals surface area contributed by atoms with Gasteiger partial charge in [-0.15, -0.1) is 11.3 Å². The van der Waals surface area contributed by atoms with Crippen molar-refractivity contribution in [1.82, 2.24) is 5.32 Å². The van der Waals surface area contributed by atoms with Crippen LogP contribution >= 0.6 is 11.3 Å². The molecule has 5 nitrogen and oxygen atoms in total. The Kier molecular flexibility index (Phi) is 4.68. The molecule has 21 heavy (non-hydrogen) atoms. The van der Waals surface area contributed by atoms with Gasteiger partial charge in [0.05, 0.1) is 18.1 Å². The lowest BCUT2D eigenvalue weighted by atomic mass is 9.82. The number of hydrogen-bond acceptors (Lipinski definition) is 5. The number of carbonyl (C=O) groups is 2. The third kappa shape index (κ3) is 3.11. The highest BCUT2D eigenvalue weighted by Gasteiger charge is 2.35. The molecule has 1 unspecified atom stereocenters. The first-order chi connectivity index (χ1) is 9.89. The molecule has 0 radical (unpaired) electrons. The van der Waals surface area contributed by atoms with Crippen LogP contribution in [0.5, 0.6) is 0 Å². The van der Waals surface area contributed by atoms with Crippen LogP contribution in [0.1, 0.15) is 40.6 Å². The van der Waals surface area contributed by atoms with Crippen molar-refractivity contribution in [3.05, 3.63) is 16.0 Å². The maximum Gasteiger partial charge on any atom is 0.341 e. The van der Waals surface area contributed by atoms with Crippen LogP contribution in [0.2, 0.25) is 0 Å². The van der Waals surface area contributed by atoms with E-state index < -0.39 is 11.4 Å². The van der Waals surface area contributed by atoms with E-state index in [9.17, 15) is 9.59 Å². The van der Waals surface area contributed by atoms with Crippen LogP contribution in [0.3, 0.4) is 0 Å². The van der Waals surface area contributed by atoms with Gasteiger partial charge in [-0.1, -0.05) is 0 Å². The zero-order chi connectivity index (χ0) is 15.6. The monoisotopic (exact) mass is 310 g/mol. The normalized spacial score (nSPS) is 21.9. The van der Waals surface area contributed by atoms with E-state index >= 15 is 0 Å². The number of piperidine rings is 1. The van der Waals surface area contributed by atoms with E-state index in [1.165, 1.54) is 18.4 Å². The molecule has 1 aliphatic heterocycles. The number of carbonyl (C=O) groups excluding carboxylic acids is 2. The molecule has 1 saturated heterocycles. The quantitative estimate of drug-likeness (QED) is 0.842. The fraction of sp³-hybridized carbons (Fsp3) is 0.600. The number of ether oxygens (including phenoxy) is 1.